The van der Waals surface area contributed by atoms with E-state index in [9.17, 15) is 9.59 Å². The third kappa shape index (κ3) is 5.28. The standard InChI is InChI=1S/C26H22N2O3/c29-25(17-19-12-14-21(15-13-19)20-7-2-1-3-8-20)28-24-11-5-4-10-23(24)26(30)27-18-22-9-6-16-31-22/h1-16H,17-18H2,(H,27,30)(H,28,29). The maximum absolute atomic E-state index is 12.6. The van der Waals surface area contributed by atoms with Gasteiger partial charge in [0.1, 0.15) is 5.76 Å². The zero-order valence-corrected chi connectivity index (χ0v) is 16.9. The number of para-hydroxylation sites is 1. The molecule has 0 atom stereocenters. The van der Waals surface area contributed by atoms with Gasteiger partial charge in [-0.1, -0.05) is 66.7 Å². The monoisotopic (exact) mass is 410 g/mol. The van der Waals surface area contributed by atoms with E-state index in [1.54, 1.807) is 42.7 Å². The fraction of sp³-hybridized carbons (Fsp3) is 0.0769. The van der Waals surface area contributed by atoms with Crippen molar-refractivity contribution in [3.63, 3.8) is 0 Å². The molecule has 31 heavy (non-hydrogen) atoms. The first-order valence-electron chi connectivity index (χ1n) is 10.0. The summed E-state index contributed by atoms with van der Waals surface area (Å²) in [7, 11) is 0. The largest absolute Gasteiger partial charge is 0.467 e. The zero-order chi connectivity index (χ0) is 21.5. The number of nitrogens with one attached hydrogen (secondary N) is 2. The van der Waals surface area contributed by atoms with E-state index in [1.165, 1.54) is 0 Å². The molecule has 0 spiro atoms. The van der Waals surface area contributed by atoms with E-state index >= 15 is 0 Å². The van der Waals surface area contributed by atoms with Crippen LogP contribution in [0.25, 0.3) is 11.1 Å². The van der Waals surface area contributed by atoms with Crippen molar-refractivity contribution in [1.82, 2.24) is 5.32 Å². The van der Waals surface area contributed by atoms with Crippen molar-refractivity contribution in [3.05, 3.63) is 114 Å². The van der Waals surface area contributed by atoms with Gasteiger partial charge in [0.2, 0.25) is 5.91 Å². The summed E-state index contributed by atoms with van der Waals surface area (Å²) in [4.78, 5) is 25.2. The first-order chi connectivity index (χ1) is 15.2. The molecule has 0 saturated heterocycles. The average Bonchev–Trinajstić information content (AvgIpc) is 3.33. The molecule has 1 aromatic heterocycles. The van der Waals surface area contributed by atoms with Crippen LogP contribution in [0.4, 0.5) is 5.69 Å². The number of hydrogen-bond donors (Lipinski definition) is 2. The minimum Gasteiger partial charge on any atom is -0.467 e. The Balaban J connectivity index is 1.39. The molecule has 0 bridgehead atoms. The Kier molecular flexibility index (Phi) is 6.24. The quantitative estimate of drug-likeness (QED) is 0.447. The molecule has 4 rings (SSSR count). The SMILES string of the molecule is O=C(Cc1ccc(-c2ccccc2)cc1)Nc1ccccc1C(=O)NCc1ccco1. The molecule has 5 nitrogen and oxygen atoms in total. The van der Waals surface area contributed by atoms with E-state index in [0.29, 0.717) is 17.0 Å². The summed E-state index contributed by atoms with van der Waals surface area (Å²) in [5.74, 6) is 0.201. The topological polar surface area (TPSA) is 71.3 Å². The smallest absolute Gasteiger partial charge is 0.253 e. The lowest BCUT2D eigenvalue weighted by Gasteiger charge is -2.11. The summed E-state index contributed by atoms with van der Waals surface area (Å²) in [5, 5.41) is 5.66. The molecule has 154 valence electrons. The van der Waals surface area contributed by atoms with Gasteiger partial charge in [0.25, 0.3) is 5.91 Å². The normalized spacial score (nSPS) is 10.5. The van der Waals surface area contributed by atoms with Crippen molar-refractivity contribution in [1.29, 1.82) is 0 Å². The number of amides is 2. The van der Waals surface area contributed by atoms with Crippen LogP contribution in [0.1, 0.15) is 21.7 Å². The van der Waals surface area contributed by atoms with E-state index in [4.69, 9.17) is 4.42 Å². The number of carbonyl (C=O) groups is 2. The van der Waals surface area contributed by atoms with Gasteiger partial charge in [-0.2, -0.15) is 0 Å². The third-order valence-electron chi connectivity index (χ3n) is 4.87. The van der Waals surface area contributed by atoms with Crippen LogP contribution in [0.2, 0.25) is 0 Å². The lowest BCUT2D eigenvalue weighted by atomic mass is 10.0. The van der Waals surface area contributed by atoms with Gasteiger partial charge in [-0.15, -0.1) is 0 Å². The van der Waals surface area contributed by atoms with Crippen molar-refractivity contribution < 1.29 is 14.0 Å². The van der Waals surface area contributed by atoms with Crippen molar-refractivity contribution in [2.45, 2.75) is 13.0 Å². The highest BCUT2D eigenvalue weighted by Crippen LogP contribution is 2.20. The zero-order valence-electron chi connectivity index (χ0n) is 16.9. The fourth-order valence-electron chi connectivity index (χ4n) is 3.29. The summed E-state index contributed by atoms with van der Waals surface area (Å²) in [6.07, 6.45) is 1.78. The van der Waals surface area contributed by atoms with Crippen molar-refractivity contribution in [2.24, 2.45) is 0 Å². The highest BCUT2D eigenvalue weighted by molar-refractivity contribution is 6.04. The van der Waals surface area contributed by atoms with Crippen LogP contribution in [-0.4, -0.2) is 11.8 Å². The van der Waals surface area contributed by atoms with E-state index in [0.717, 1.165) is 16.7 Å². The first-order valence-corrected chi connectivity index (χ1v) is 10.0. The molecule has 5 heteroatoms. The Labute approximate surface area is 180 Å². The van der Waals surface area contributed by atoms with Crippen LogP contribution in [-0.2, 0) is 17.8 Å². The molecule has 0 saturated carbocycles. The van der Waals surface area contributed by atoms with Crippen LogP contribution < -0.4 is 10.6 Å². The highest BCUT2D eigenvalue weighted by Gasteiger charge is 2.14. The first kappa shape index (κ1) is 20.2. The average molecular weight is 410 g/mol. The van der Waals surface area contributed by atoms with Crippen molar-refractivity contribution in [2.75, 3.05) is 5.32 Å². The molecule has 3 aromatic carbocycles. The summed E-state index contributed by atoms with van der Waals surface area (Å²) in [6, 6.07) is 28.5. The predicted molar refractivity (Wildman–Crippen MR) is 121 cm³/mol. The maximum atomic E-state index is 12.6. The number of hydrogen-bond acceptors (Lipinski definition) is 3. The van der Waals surface area contributed by atoms with E-state index in [2.05, 4.69) is 22.8 Å². The lowest BCUT2D eigenvalue weighted by Crippen LogP contribution is -2.25. The van der Waals surface area contributed by atoms with Crippen LogP contribution in [0, 0.1) is 0 Å². The number of rotatable bonds is 7. The molecule has 2 amide bonds. The molecular weight excluding hydrogens is 388 g/mol. The van der Waals surface area contributed by atoms with Crippen LogP contribution in [0.5, 0.6) is 0 Å². The summed E-state index contributed by atoms with van der Waals surface area (Å²) in [5.41, 5.74) is 4.01. The van der Waals surface area contributed by atoms with E-state index < -0.39 is 0 Å². The highest BCUT2D eigenvalue weighted by atomic mass is 16.3. The Hall–Kier alpha value is -4.12. The van der Waals surface area contributed by atoms with Gasteiger partial charge >= 0.3 is 0 Å². The van der Waals surface area contributed by atoms with Gasteiger partial charge in [0.15, 0.2) is 0 Å². The van der Waals surface area contributed by atoms with E-state index in [-0.39, 0.29) is 24.8 Å². The second-order valence-corrected chi connectivity index (χ2v) is 7.10. The Morgan fingerprint density at radius 2 is 1.45 bits per heavy atom. The van der Waals surface area contributed by atoms with E-state index in [1.807, 2.05) is 42.5 Å². The van der Waals surface area contributed by atoms with Crippen molar-refractivity contribution in [3.8, 4) is 11.1 Å². The summed E-state index contributed by atoms with van der Waals surface area (Å²) < 4.78 is 5.23. The van der Waals surface area contributed by atoms with Gasteiger partial charge in [-0.3, -0.25) is 9.59 Å². The minimum atomic E-state index is -0.278. The molecular formula is C26H22N2O3. The third-order valence-corrected chi connectivity index (χ3v) is 4.87. The molecule has 0 aliphatic heterocycles. The molecule has 1 heterocycles. The maximum Gasteiger partial charge on any atom is 0.253 e. The molecule has 0 unspecified atom stereocenters. The van der Waals surface area contributed by atoms with Gasteiger partial charge in [-0.25, -0.2) is 0 Å². The van der Waals surface area contributed by atoms with Gasteiger partial charge in [0.05, 0.1) is 30.5 Å². The molecule has 4 aromatic rings. The number of anilines is 1. The summed E-state index contributed by atoms with van der Waals surface area (Å²) in [6.45, 7) is 0.280. The minimum absolute atomic E-state index is 0.182. The Bertz CT molecular complexity index is 1150. The Morgan fingerprint density at radius 3 is 2.19 bits per heavy atom. The van der Waals surface area contributed by atoms with Crippen molar-refractivity contribution >= 4 is 17.5 Å². The molecule has 2 N–H and O–H groups in total. The van der Waals surface area contributed by atoms with Crippen LogP contribution >= 0.6 is 0 Å². The molecule has 0 radical (unpaired) electrons. The molecule has 0 aliphatic carbocycles. The molecule has 0 fully saturated rings. The second kappa shape index (κ2) is 9.59. The summed E-state index contributed by atoms with van der Waals surface area (Å²) >= 11 is 0. The van der Waals surface area contributed by atoms with Gasteiger partial charge in [0, 0.05) is 0 Å². The number of furan rings is 1. The molecule has 0 aliphatic rings. The fourth-order valence-corrected chi connectivity index (χ4v) is 3.29. The van der Waals surface area contributed by atoms with Gasteiger partial charge < -0.3 is 15.1 Å². The predicted octanol–water partition coefficient (Wildman–Crippen LogP) is 5.06. The number of benzene rings is 3. The van der Waals surface area contributed by atoms with Gasteiger partial charge in [-0.05, 0) is 41.0 Å². The second-order valence-electron chi connectivity index (χ2n) is 7.10. The Morgan fingerprint density at radius 1 is 0.742 bits per heavy atom. The van der Waals surface area contributed by atoms with Crippen LogP contribution in [0.15, 0.2) is 102 Å². The van der Waals surface area contributed by atoms with Crippen LogP contribution in [0.3, 0.4) is 0 Å². The number of carbonyl (C=O) groups excluding carboxylic acids is 2. The lowest BCUT2D eigenvalue weighted by molar-refractivity contribution is -0.115.